The highest BCUT2D eigenvalue weighted by Gasteiger charge is 2.38. The molecule has 0 saturated heterocycles. The number of carboxylic acids is 1. The summed E-state index contributed by atoms with van der Waals surface area (Å²) in [6.07, 6.45) is -3.26. The van der Waals surface area contributed by atoms with Crippen molar-refractivity contribution < 1.29 is 32.6 Å². The Morgan fingerprint density at radius 2 is 2.00 bits per heavy atom. The number of para-hydroxylation sites is 1. The Hall–Kier alpha value is -3.34. The lowest BCUT2D eigenvalue weighted by Gasteiger charge is -2.15. The molecule has 8 nitrogen and oxygen atoms in total. The predicted octanol–water partition coefficient (Wildman–Crippen LogP) is 3.48. The number of rotatable bonds is 5. The smallest absolute Gasteiger partial charge is 0.475 e. The molecule has 168 valence electrons. The van der Waals surface area contributed by atoms with Crippen LogP contribution in [0.5, 0.6) is 0 Å². The highest BCUT2D eigenvalue weighted by Crippen LogP contribution is 2.23. The van der Waals surface area contributed by atoms with Crippen molar-refractivity contribution in [1.29, 1.82) is 0 Å². The van der Waals surface area contributed by atoms with Crippen LogP contribution >= 0.6 is 0 Å². The van der Waals surface area contributed by atoms with E-state index in [1.54, 1.807) is 0 Å². The molecular formula is C20H23F3N4O4. The van der Waals surface area contributed by atoms with Crippen LogP contribution in [0.4, 0.5) is 13.2 Å². The number of methoxy groups -OCH3 is 1. The molecule has 3 N–H and O–H groups in total. The number of carbonyl (C=O) groups is 2. The van der Waals surface area contributed by atoms with Crippen LogP contribution in [0.25, 0.3) is 10.9 Å². The third-order valence-corrected chi connectivity index (χ3v) is 4.85. The number of nitrogens with one attached hydrogen (secondary N) is 2. The number of halogens is 3. The number of nitrogens with zero attached hydrogens (tertiary/aromatic N) is 2. The summed E-state index contributed by atoms with van der Waals surface area (Å²) in [5.41, 5.74) is 4.78. The van der Waals surface area contributed by atoms with E-state index in [9.17, 15) is 18.0 Å². The minimum Gasteiger partial charge on any atom is -0.475 e. The van der Waals surface area contributed by atoms with Gasteiger partial charge in [-0.15, -0.1) is 0 Å². The third-order valence-electron chi connectivity index (χ3n) is 4.85. The standard InChI is InChI=1S/C18H22N4O2.C2HF3O2/c1-11(15-7-5-6-13-9-20-21-17(13)15)19-10-14-8-16(18(23)24-4)12(2)22(14)3;3-2(4,5)1(6)7/h5-9,11,19H,10H2,1-4H3,(H,20,21);(H,6,7). The highest BCUT2D eigenvalue weighted by molar-refractivity contribution is 5.91. The molecule has 0 aliphatic rings. The number of aromatic amines is 1. The minimum atomic E-state index is -5.08. The first-order valence-corrected chi connectivity index (χ1v) is 9.16. The number of carboxylic acid groups (broad SMARTS) is 1. The zero-order valence-electron chi connectivity index (χ0n) is 17.4. The SMILES string of the molecule is COC(=O)c1cc(CNC(C)c2cccc3cn[nH]c23)n(C)c1C.O=C(O)C(F)(F)F. The van der Waals surface area contributed by atoms with Crippen LogP contribution in [-0.4, -0.2) is 45.1 Å². The second-order valence-corrected chi connectivity index (χ2v) is 6.77. The normalized spacial score (nSPS) is 12.2. The quantitative estimate of drug-likeness (QED) is 0.524. The van der Waals surface area contributed by atoms with Crippen molar-refractivity contribution in [3.63, 3.8) is 0 Å². The van der Waals surface area contributed by atoms with Gasteiger partial charge in [-0.1, -0.05) is 18.2 Å². The van der Waals surface area contributed by atoms with E-state index in [0.717, 1.165) is 22.3 Å². The summed E-state index contributed by atoms with van der Waals surface area (Å²) in [5, 5.41) is 18.9. The molecule has 0 spiro atoms. The number of aliphatic carboxylic acids is 1. The third kappa shape index (κ3) is 5.63. The Balaban J connectivity index is 0.000000423. The lowest BCUT2D eigenvalue weighted by Crippen LogP contribution is -2.21. The number of esters is 1. The van der Waals surface area contributed by atoms with Gasteiger partial charge in [0.05, 0.1) is 24.4 Å². The van der Waals surface area contributed by atoms with E-state index < -0.39 is 12.1 Å². The molecule has 0 bridgehead atoms. The van der Waals surface area contributed by atoms with Crippen molar-refractivity contribution in [2.24, 2.45) is 7.05 Å². The zero-order chi connectivity index (χ0) is 23.3. The number of aromatic nitrogens is 3. The summed E-state index contributed by atoms with van der Waals surface area (Å²) in [6, 6.07) is 8.20. The topological polar surface area (TPSA) is 109 Å². The first-order valence-electron chi connectivity index (χ1n) is 9.16. The average Bonchev–Trinajstić information content (AvgIpc) is 3.30. The minimum absolute atomic E-state index is 0.144. The summed E-state index contributed by atoms with van der Waals surface area (Å²) >= 11 is 0. The first kappa shape index (κ1) is 23.9. The lowest BCUT2D eigenvalue weighted by atomic mass is 10.1. The van der Waals surface area contributed by atoms with Crippen LogP contribution in [-0.2, 0) is 23.1 Å². The molecule has 0 aliphatic heterocycles. The summed E-state index contributed by atoms with van der Waals surface area (Å²) in [6.45, 7) is 4.69. The van der Waals surface area contributed by atoms with Crippen LogP contribution in [0.2, 0.25) is 0 Å². The number of hydrogen-bond acceptors (Lipinski definition) is 5. The first-order chi connectivity index (χ1) is 14.5. The molecule has 0 fully saturated rings. The maximum absolute atomic E-state index is 11.8. The molecule has 3 rings (SSSR count). The van der Waals surface area contributed by atoms with Gasteiger partial charge in [0.15, 0.2) is 0 Å². The molecule has 1 atom stereocenters. The molecule has 0 radical (unpaired) electrons. The summed E-state index contributed by atoms with van der Waals surface area (Å²) in [4.78, 5) is 20.7. The fraction of sp³-hybridized carbons (Fsp3) is 0.350. The Morgan fingerprint density at radius 3 is 2.58 bits per heavy atom. The van der Waals surface area contributed by atoms with Gasteiger partial charge in [0.25, 0.3) is 0 Å². The van der Waals surface area contributed by atoms with Crippen molar-refractivity contribution in [2.75, 3.05) is 7.11 Å². The number of ether oxygens (including phenoxy) is 1. The number of fused-ring (bicyclic) bond motifs is 1. The predicted molar refractivity (Wildman–Crippen MR) is 107 cm³/mol. The van der Waals surface area contributed by atoms with Crippen molar-refractivity contribution in [3.8, 4) is 0 Å². The van der Waals surface area contributed by atoms with Crippen molar-refractivity contribution in [1.82, 2.24) is 20.1 Å². The van der Waals surface area contributed by atoms with Crippen LogP contribution in [0, 0.1) is 6.92 Å². The van der Waals surface area contributed by atoms with Gasteiger partial charge < -0.3 is 19.7 Å². The van der Waals surface area contributed by atoms with E-state index in [-0.39, 0.29) is 12.0 Å². The van der Waals surface area contributed by atoms with Gasteiger partial charge in [0, 0.05) is 36.4 Å². The van der Waals surface area contributed by atoms with Gasteiger partial charge in [-0.3, -0.25) is 5.10 Å². The maximum atomic E-state index is 11.8. The summed E-state index contributed by atoms with van der Waals surface area (Å²) in [5.74, 6) is -3.06. The molecule has 0 saturated carbocycles. The van der Waals surface area contributed by atoms with Crippen molar-refractivity contribution in [3.05, 3.63) is 53.0 Å². The number of H-pyrrole nitrogens is 1. The van der Waals surface area contributed by atoms with Gasteiger partial charge in [-0.05, 0) is 25.5 Å². The fourth-order valence-corrected chi connectivity index (χ4v) is 2.97. The second kappa shape index (κ2) is 9.65. The molecular weight excluding hydrogens is 417 g/mol. The van der Waals surface area contributed by atoms with Crippen LogP contribution in [0.3, 0.4) is 0 Å². The van der Waals surface area contributed by atoms with E-state index in [2.05, 4.69) is 28.5 Å². The second-order valence-electron chi connectivity index (χ2n) is 6.77. The lowest BCUT2D eigenvalue weighted by molar-refractivity contribution is -0.192. The zero-order valence-corrected chi connectivity index (χ0v) is 17.4. The monoisotopic (exact) mass is 440 g/mol. The van der Waals surface area contributed by atoms with E-state index in [1.807, 2.05) is 42.9 Å². The molecule has 11 heteroatoms. The molecule has 0 aliphatic carbocycles. The molecule has 1 aromatic carbocycles. The van der Waals surface area contributed by atoms with E-state index in [0.29, 0.717) is 12.1 Å². The maximum Gasteiger partial charge on any atom is 0.490 e. The van der Waals surface area contributed by atoms with Crippen molar-refractivity contribution in [2.45, 2.75) is 32.6 Å². The van der Waals surface area contributed by atoms with Gasteiger partial charge in [0.2, 0.25) is 0 Å². The van der Waals surface area contributed by atoms with Crippen LogP contribution < -0.4 is 5.32 Å². The highest BCUT2D eigenvalue weighted by atomic mass is 19.4. The molecule has 2 heterocycles. The van der Waals surface area contributed by atoms with Crippen molar-refractivity contribution >= 4 is 22.8 Å². The van der Waals surface area contributed by atoms with Gasteiger partial charge in [0.1, 0.15) is 0 Å². The molecule has 1 unspecified atom stereocenters. The number of carbonyl (C=O) groups excluding carboxylic acids is 1. The van der Waals surface area contributed by atoms with Gasteiger partial charge in [-0.2, -0.15) is 18.3 Å². The fourth-order valence-electron chi connectivity index (χ4n) is 2.97. The van der Waals surface area contributed by atoms with Crippen LogP contribution in [0.15, 0.2) is 30.5 Å². The number of alkyl halides is 3. The van der Waals surface area contributed by atoms with E-state index in [4.69, 9.17) is 14.6 Å². The number of hydrogen-bond donors (Lipinski definition) is 3. The largest absolute Gasteiger partial charge is 0.490 e. The Morgan fingerprint density at radius 1 is 1.35 bits per heavy atom. The summed E-state index contributed by atoms with van der Waals surface area (Å²) in [7, 11) is 3.36. The Labute approximate surface area is 176 Å². The van der Waals surface area contributed by atoms with Gasteiger partial charge >= 0.3 is 18.1 Å². The molecule has 3 aromatic rings. The molecule has 31 heavy (non-hydrogen) atoms. The number of benzene rings is 1. The van der Waals surface area contributed by atoms with Crippen LogP contribution in [0.1, 0.15) is 40.3 Å². The Bertz CT molecular complexity index is 1070. The molecule has 0 amide bonds. The molecule has 2 aromatic heterocycles. The Kier molecular flexibility index (Phi) is 7.45. The average molecular weight is 440 g/mol. The summed E-state index contributed by atoms with van der Waals surface area (Å²) < 4.78 is 38.6. The van der Waals surface area contributed by atoms with Gasteiger partial charge in [-0.25, -0.2) is 9.59 Å². The van der Waals surface area contributed by atoms with E-state index in [1.165, 1.54) is 12.7 Å². The van der Waals surface area contributed by atoms with E-state index >= 15 is 0 Å².